The summed E-state index contributed by atoms with van der Waals surface area (Å²) in [5, 5.41) is 7.95. The molecule has 2 aliphatic rings. The van der Waals surface area contributed by atoms with Crippen molar-refractivity contribution in [1.29, 1.82) is 0 Å². The van der Waals surface area contributed by atoms with Crippen molar-refractivity contribution in [3.8, 4) is 0 Å². The molecular weight excluding hydrogens is 250 g/mol. The maximum absolute atomic E-state index is 12.1. The van der Waals surface area contributed by atoms with Gasteiger partial charge in [-0.3, -0.25) is 9.48 Å². The number of Topliss-reactive ketones (excluding diaryl/α,β-unsaturated/α-hetero) is 1. The van der Waals surface area contributed by atoms with Gasteiger partial charge in [0.05, 0.1) is 18.2 Å². The summed E-state index contributed by atoms with van der Waals surface area (Å²) >= 11 is 0. The van der Waals surface area contributed by atoms with Crippen molar-refractivity contribution in [2.45, 2.75) is 57.4 Å². The van der Waals surface area contributed by atoms with Gasteiger partial charge in [0.15, 0.2) is 0 Å². The molecule has 0 radical (unpaired) electrons. The molecule has 1 aliphatic heterocycles. The Morgan fingerprint density at radius 2 is 2.15 bits per heavy atom. The van der Waals surface area contributed by atoms with Gasteiger partial charge in [-0.25, -0.2) is 0 Å². The van der Waals surface area contributed by atoms with E-state index in [0.717, 1.165) is 25.2 Å². The molecule has 1 aromatic rings. The minimum Gasteiger partial charge on any atom is -0.316 e. The van der Waals surface area contributed by atoms with E-state index in [1.54, 1.807) is 0 Å². The molecule has 2 heterocycles. The van der Waals surface area contributed by atoms with Crippen molar-refractivity contribution in [2.24, 2.45) is 5.92 Å². The normalized spacial score (nSPS) is 24.1. The van der Waals surface area contributed by atoms with Gasteiger partial charge in [-0.2, -0.15) is 5.10 Å². The number of nitrogens with zero attached hydrogens (tertiary/aromatic N) is 2. The topological polar surface area (TPSA) is 46.9 Å². The van der Waals surface area contributed by atoms with E-state index < -0.39 is 0 Å². The molecule has 0 amide bonds. The summed E-state index contributed by atoms with van der Waals surface area (Å²) in [5.41, 5.74) is 0.950. The molecule has 1 N–H and O–H groups in total. The molecule has 0 aromatic carbocycles. The molecule has 0 bridgehead atoms. The monoisotopic (exact) mass is 275 g/mol. The molecule has 1 aliphatic carbocycles. The van der Waals surface area contributed by atoms with Crippen LogP contribution >= 0.6 is 0 Å². The second-order valence-corrected chi connectivity index (χ2v) is 6.36. The van der Waals surface area contributed by atoms with Crippen molar-refractivity contribution >= 4 is 5.78 Å². The van der Waals surface area contributed by atoms with Crippen LogP contribution in [-0.2, 0) is 11.2 Å². The molecule has 1 aromatic heterocycles. The maximum Gasteiger partial charge on any atom is 0.139 e. The lowest BCUT2D eigenvalue weighted by Gasteiger charge is -2.21. The van der Waals surface area contributed by atoms with Crippen LogP contribution in [0.3, 0.4) is 0 Å². The highest BCUT2D eigenvalue weighted by Crippen LogP contribution is 2.27. The molecular formula is C16H25N3O. The largest absolute Gasteiger partial charge is 0.316 e. The third-order valence-electron chi connectivity index (χ3n) is 4.67. The van der Waals surface area contributed by atoms with Gasteiger partial charge in [-0.1, -0.05) is 19.3 Å². The van der Waals surface area contributed by atoms with Crippen LogP contribution < -0.4 is 5.32 Å². The molecule has 1 atom stereocenters. The molecule has 3 rings (SSSR count). The average molecular weight is 275 g/mol. The van der Waals surface area contributed by atoms with E-state index in [9.17, 15) is 4.79 Å². The summed E-state index contributed by atoms with van der Waals surface area (Å²) in [7, 11) is 0. The van der Waals surface area contributed by atoms with E-state index in [-0.39, 0.29) is 0 Å². The first-order valence-electron chi connectivity index (χ1n) is 8.08. The minimum atomic E-state index is 0.340. The van der Waals surface area contributed by atoms with Gasteiger partial charge in [-0.05, 0) is 44.3 Å². The summed E-state index contributed by atoms with van der Waals surface area (Å²) in [6, 6.07) is 2.59. The molecule has 2 fully saturated rings. The van der Waals surface area contributed by atoms with Crippen molar-refractivity contribution in [2.75, 3.05) is 13.1 Å². The van der Waals surface area contributed by atoms with E-state index in [0.29, 0.717) is 30.6 Å². The van der Waals surface area contributed by atoms with E-state index >= 15 is 0 Å². The molecule has 1 saturated carbocycles. The highest BCUT2D eigenvalue weighted by Gasteiger charge is 2.20. The molecule has 20 heavy (non-hydrogen) atoms. The predicted octanol–water partition coefficient (Wildman–Crippen LogP) is 2.50. The van der Waals surface area contributed by atoms with E-state index in [1.807, 2.05) is 6.07 Å². The minimum absolute atomic E-state index is 0.340. The van der Waals surface area contributed by atoms with Crippen molar-refractivity contribution in [3.05, 3.63) is 18.0 Å². The molecule has 1 saturated heterocycles. The Kier molecular flexibility index (Phi) is 4.51. The number of hydrogen-bond acceptors (Lipinski definition) is 3. The van der Waals surface area contributed by atoms with Gasteiger partial charge in [0, 0.05) is 12.6 Å². The molecule has 4 heteroatoms. The zero-order chi connectivity index (χ0) is 13.8. The van der Waals surface area contributed by atoms with Gasteiger partial charge < -0.3 is 5.32 Å². The van der Waals surface area contributed by atoms with Gasteiger partial charge in [0.2, 0.25) is 0 Å². The predicted molar refractivity (Wildman–Crippen MR) is 78.7 cm³/mol. The molecule has 0 spiro atoms. The number of hydrogen-bond donors (Lipinski definition) is 1. The highest BCUT2D eigenvalue weighted by atomic mass is 16.1. The first kappa shape index (κ1) is 13.8. The lowest BCUT2D eigenvalue weighted by atomic mass is 9.96. The van der Waals surface area contributed by atoms with Gasteiger partial charge in [0.1, 0.15) is 5.78 Å². The number of rotatable bonds is 5. The van der Waals surface area contributed by atoms with E-state index in [2.05, 4.69) is 21.3 Å². The van der Waals surface area contributed by atoms with Crippen LogP contribution in [0.2, 0.25) is 0 Å². The number of ketones is 1. The van der Waals surface area contributed by atoms with Gasteiger partial charge in [0.25, 0.3) is 0 Å². The first-order chi connectivity index (χ1) is 9.81. The summed E-state index contributed by atoms with van der Waals surface area (Å²) in [4.78, 5) is 12.1. The summed E-state index contributed by atoms with van der Waals surface area (Å²) < 4.78 is 2.10. The van der Waals surface area contributed by atoms with Crippen LogP contribution in [0, 0.1) is 5.92 Å². The van der Waals surface area contributed by atoms with Gasteiger partial charge >= 0.3 is 0 Å². The van der Waals surface area contributed by atoms with Crippen LogP contribution in [-0.4, -0.2) is 28.7 Å². The zero-order valence-corrected chi connectivity index (χ0v) is 12.2. The van der Waals surface area contributed by atoms with E-state index in [1.165, 1.54) is 32.1 Å². The third kappa shape index (κ3) is 3.48. The van der Waals surface area contributed by atoms with Crippen molar-refractivity contribution in [1.82, 2.24) is 15.1 Å². The van der Waals surface area contributed by atoms with Crippen molar-refractivity contribution < 1.29 is 4.79 Å². The number of aromatic nitrogens is 2. The quantitative estimate of drug-likeness (QED) is 0.898. The Bertz CT molecular complexity index is 442. The van der Waals surface area contributed by atoms with Crippen LogP contribution in [0.5, 0.6) is 0 Å². The highest BCUT2D eigenvalue weighted by molar-refractivity contribution is 5.80. The van der Waals surface area contributed by atoms with Gasteiger partial charge in [-0.15, -0.1) is 0 Å². The smallest absolute Gasteiger partial charge is 0.139 e. The molecule has 1 unspecified atom stereocenters. The fourth-order valence-electron chi connectivity index (χ4n) is 3.51. The SMILES string of the molecule is O=C(Cc1ccn(C2CCCCC2)n1)CC1CCNC1. The average Bonchev–Trinajstić information content (AvgIpc) is 3.11. The lowest BCUT2D eigenvalue weighted by Crippen LogP contribution is -2.15. The number of carbonyl (C=O) groups excluding carboxylic acids is 1. The fraction of sp³-hybridized carbons (Fsp3) is 0.750. The second-order valence-electron chi connectivity index (χ2n) is 6.36. The standard InChI is InChI=1S/C16H25N3O/c20-16(10-13-6-8-17-12-13)11-14-7-9-19(18-14)15-4-2-1-3-5-15/h7,9,13,15,17H,1-6,8,10-12H2. The Morgan fingerprint density at radius 3 is 2.90 bits per heavy atom. The second kappa shape index (κ2) is 6.53. The number of carbonyl (C=O) groups is 1. The third-order valence-corrected chi connectivity index (χ3v) is 4.67. The Hall–Kier alpha value is -1.16. The fourth-order valence-corrected chi connectivity index (χ4v) is 3.51. The Balaban J connectivity index is 1.52. The summed E-state index contributed by atoms with van der Waals surface area (Å²) in [6.07, 6.45) is 10.9. The zero-order valence-electron chi connectivity index (χ0n) is 12.2. The van der Waals surface area contributed by atoms with Crippen molar-refractivity contribution in [3.63, 3.8) is 0 Å². The lowest BCUT2D eigenvalue weighted by molar-refractivity contribution is -0.119. The molecule has 110 valence electrons. The van der Waals surface area contributed by atoms with Crippen LogP contribution in [0.4, 0.5) is 0 Å². The Labute approximate surface area is 120 Å². The number of nitrogens with one attached hydrogen (secondary N) is 1. The summed E-state index contributed by atoms with van der Waals surface area (Å²) in [6.45, 7) is 2.07. The first-order valence-corrected chi connectivity index (χ1v) is 8.08. The van der Waals surface area contributed by atoms with Crippen LogP contribution in [0.1, 0.15) is 56.7 Å². The van der Waals surface area contributed by atoms with Crippen LogP contribution in [0.25, 0.3) is 0 Å². The Morgan fingerprint density at radius 1 is 1.30 bits per heavy atom. The molecule has 4 nitrogen and oxygen atoms in total. The van der Waals surface area contributed by atoms with E-state index in [4.69, 9.17) is 0 Å². The maximum atomic E-state index is 12.1. The van der Waals surface area contributed by atoms with Crippen LogP contribution in [0.15, 0.2) is 12.3 Å². The summed E-state index contributed by atoms with van der Waals surface area (Å²) in [5.74, 6) is 0.885.